The lowest BCUT2D eigenvalue weighted by Gasteiger charge is -2.40. The fraction of sp³-hybridized carbons (Fsp3) is 0.409. The summed E-state index contributed by atoms with van der Waals surface area (Å²) in [6, 6.07) is 3.16. The number of ether oxygens (including phenoxy) is 1. The van der Waals surface area contributed by atoms with Crippen LogP contribution < -0.4 is 5.43 Å². The molecule has 1 aliphatic carbocycles. The van der Waals surface area contributed by atoms with E-state index in [1.165, 1.54) is 24.5 Å². The van der Waals surface area contributed by atoms with Gasteiger partial charge in [0.2, 0.25) is 0 Å². The molecule has 4 heterocycles. The molecule has 0 radical (unpaired) electrons. The number of allylic oxidation sites excluding steroid dienone is 2. The highest BCUT2D eigenvalue weighted by Crippen LogP contribution is 2.44. The fourth-order valence-corrected chi connectivity index (χ4v) is 4.54. The minimum atomic E-state index is -4.61. The topological polar surface area (TPSA) is 66.8 Å². The molecule has 1 N–H and O–H groups in total. The fourth-order valence-electron chi connectivity index (χ4n) is 4.54. The van der Waals surface area contributed by atoms with Crippen molar-refractivity contribution in [3.63, 3.8) is 0 Å². The molecular weight excluding hydrogens is 428 g/mol. The van der Waals surface area contributed by atoms with Gasteiger partial charge in [-0.3, -0.25) is 19.8 Å². The Morgan fingerprint density at radius 3 is 2.81 bits per heavy atom. The number of carbonyl (C=O) groups excluding carboxylic acids is 1. The van der Waals surface area contributed by atoms with E-state index in [2.05, 4.69) is 15.4 Å². The zero-order valence-electron chi connectivity index (χ0n) is 16.9. The third-order valence-electron chi connectivity index (χ3n) is 5.99. The van der Waals surface area contributed by atoms with E-state index in [4.69, 9.17) is 4.74 Å². The number of aromatic nitrogens is 1. The Labute approximate surface area is 181 Å². The van der Waals surface area contributed by atoms with Crippen molar-refractivity contribution in [3.05, 3.63) is 59.8 Å². The lowest BCUT2D eigenvalue weighted by Crippen LogP contribution is -2.60. The lowest BCUT2D eigenvalue weighted by atomic mass is 9.73. The van der Waals surface area contributed by atoms with Gasteiger partial charge in [-0.1, -0.05) is 6.07 Å². The molecule has 1 fully saturated rings. The molecule has 6 nitrogen and oxygen atoms in total. The van der Waals surface area contributed by atoms with Crippen LogP contribution >= 0.6 is 0 Å². The van der Waals surface area contributed by atoms with Crippen molar-refractivity contribution in [3.8, 4) is 0 Å². The van der Waals surface area contributed by atoms with Crippen LogP contribution in [0.3, 0.4) is 0 Å². The monoisotopic (exact) mass is 448 g/mol. The number of hydrogen-bond acceptors (Lipinski definition) is 6. The van der Waals surface area contributed by atoms with Crippen molar-refractivity contribution in [2.75, 3.05) is 6.61 Å². The Balaban J connectivity index is 1.64. The molecule has 5 rings (SSSR count). The van der Waals surface area contributed by atoms with Crippen molar-refractivity contribution in [2.45, 2.75) is 49.7 Å². The summed E-state index contributed by atoms with van der Waals surface area (Å²) in [7, 11) is 0. The predicted octanol–water partition coefficient (Wildman–Crippen LogP) is 3.65. The number of hydrogen-bond donors (Lipinski definition) is 1. The summed E-state index contributed by atoms with van der Waals surface area (Å²) in [6.07, 6.45) is 1.65. The molecule has 3 atom stereocenters. The highest BCUT2D eigenvalue weighted by molar-refractivity contribution is 6.35. The number of rotatable bonds is 3. The molecule has 0 saturated carbocycles. The van der Waals surface area contributed by atoms with E-state index in [1.54, 1.807) is 23.2 Å². The number of alkyl halides is 3. The summed E-state index contributed by atoms with van der Waals surface area (Å²) in [5.41, 5.74) is 2.08. The van der Waals surface area contributed by atoms with Gasteiger partial charge in [0.05, 0.1) is 23.4 Å². The maximum absolute atomic E-state index is 15.1. The van der Waals surface area contributed by atoms with Gasteiger partial charge in [0.15, 0.2) is 5.78 Å². The molecule has 1 saturated heterocycles. The highest BCUT2D eigenvalue weighted by Gasteiger charge is 2.55. The summed E-state index contributed by atoms with van der Waals surface area (Å²) in [5, 5.41) is 1.60. The van der Waals surface area contributed by atoms with E-state index in [1.807, 2.05) is 0 Å². The van der Waals surface area contributed by atoms with Crippen LogP contribution in [0.1, 0.15) is 31.4 Å². The van der Waals surface area contributed by atoms with Gasteiger partial charge >= 0.3 is 6.18 Å². The largest absolute Gasteiger partial charge is 0.391 e. The molecule has 32 heavy (non-hydrogen) atoms. The van der Waals surface area contributed by atoms with Crippen LogP contribution in [0.15, 0.2) is 59.1 Å². The van der Waals surface area contributed by atoms with Crippen LogP contribution in [0.2, 0.25) is 0 Å². The van der Waals surface area contributed by atoms with Gasteiger partial charge in [-0.15, -0.1) is 0 Å². The van der Waals surface area contributed by atoms with Gasteiger partial charge in [0, 0.05) is 24.6 Å². The van der Waals surface area contributed by atoms with Crippen molar-refractivity contribution >= 4 is 17.1 Å². The van der Waals surface area contributed by atoms with E-state index in [0.717, 1.165) is 12.8 Å². The quantitative estimate of drug-likeness (QED) is 0.716. The van der Waals surface area contributed by atoms with Crippen molar-refractivity contribution in [2.24, 2.45) is 4.99 Å². The third-order valence-corrected chi connectivity index (χ3v) is 5.99. The highest BCUT2D eigenvalue weighted by atomic mass is 19.4. The summed E-state index contributed by atoms with van der Waals surface area (Å²) in [4.78, 5) is 21.5. The Bertz CT molecular complexity index is 1060. The molecule has 3 unspecified atom stereocenters. The Hall–Kier alpha value is -2.85. The second-order valence-corrected chi connectivity index (χ2v) is 8.14. The van der Waals surface area contributed by atoms with Gasteiger partial charge in [0.25, 0.3) is 0 Å². The first-order valence-corrected chi connectivity index (χ1v) is 10.4. The first kappa shape index (κ1) is 21.0. The molecule has 1 spiro atoms. The Kier molecular flexibility index (Phi) is 5.01. The number of aliphatic imine (C=N–C) groups is 1. The average molecular weight is 448 g/mol. The molecule has 0 bridgehead atoms. The molecule has 3 aliphatic heterocycles. The standard InChI is InChI=1S/C22H20F4N4O2/c23-14-7-8-21-13(12-30(29-21)17-6-2-4-10-32-17)19(31)16(11-22(24,25)26)28-20(21)18(14)15-5-1-3-9-27-15/h1,3,5,7-9,12,16-17,29H,2,4,6,10-11H2. The van der Waals surface area contributed by atoms with E-state index >= 15 is 4.39 Å². The summed E-state index contributed by atoms with van der Waals surface area (Å²) in [5.74, 6) is -1.43. The third kappa shape index (κ3) is 3.47. The lowest BCUT2D eigenvalue weighted by molar-refractivity contribution is -0.145. The van der Waals surface area contributed by atoms with Gasteiger partial charge in [-0.2, -0.15) is 13.2 Å². The maximum Gasteiger partial charge on any atom is 0.391 e. The normalized spacial score (nSPS) is 30.1. The molecule has 1 aromatic rings. The number of nitrogens with one attached hydrogen (secondary N) is 1. The van der Waals surface area contributed by atoms with E-state index in [-0.39, 0.29) is 22.6 Å². The van der Waals surface area contributed by atoms with Crippen LogP contribution in [0.5, 0.6) is 0 Å². The molecule has 1 aromatic heterocycles. The summed E-state index contributed by atoms with van der Waals surface area (Å²) >= 11 is 0. The predicted molar refractivity (Wildman–Crippen MR) is 108 cm³/mol. The number of hydrazine groups is 1. The zero-order chi connectivity index (χ0) is 22.5. The summed E-state index contributed by atoms with van der Waals surface area (Å²) < 4.78 is 60.6. The summed E-state index contributed by atoms with van der Waals surface area (Å²) in [6.45, 7) is 0.536. The smallest absolute Gasteiger partial charge is 0.357 e. The molecular formula is C22H20F4N4O2. The van der Waals surface area contributed by atoms with Gasteiger partial charge in [-0.05, 0) is 43.5 Å². The van der Waals surface area contributed by atoms with Crippen LogP contribution in [0, 0.1) is 0 Å². The van der Waals surface area contributed by atoms with Crippen molar-refractivity contribution < 1.29 is 27.1 Å². The molecule has 0 aromatic carbocycles. The van der Waals surface area contributed by atoms with Crippen molar-refractivity contribution in [1.82, 2.24) is 15.4 Å². The number of Topliss-reactive ketones (excluding diaryl/α,β-unsaturated/α-hetero) is 1. The van der Waals surface area contributed by atoms with Gasteiger partial charge in [0.1, 0.15) is 23.6 Å². The van der Waals surface area contributed by atoms with E-state index in [9.17, 15) is 18.0 Å². The van der Waals surface area contributed by atoms with E-state index < -0.39 is 42.0 Å². The minimum Gasteiger partial charge on any atom is -0.357 e. The number of ketones is 1. The van der Waals surface area contributed by atoms with Crippen LogP contribution in [0.4, 0.5) is 17.6 Å². The van der Waals surface area contributed by atoms with Crippen LogP contribution in [-0.4, -0.2) is 52.1 Å². The SMILES string of the molecule is O=C1C2=CN(C3CCCCO3)NC23C=CC(F)=C(c2ccccn2)C3=NC1CC(F)(F)F. The minimum absolute atomic E-state index is 0.00890. The zero-order valence-corrected chi connectivity index (χ0v) is 16.9. The number of carbonyl (C=O) groups is 1. The molecule has 168 valence electrons. The average Bonchev–Trinajstić information content (AvgIpc) is 3.17. The maximum atomic E-state index is 15.1. The second-order valence-electron chi connectivity index (χ2n) is 8.14. The number of pyridine rings is 1. The Morgan fingerprint density at radius 1 is 1.28 bits per heavy atom. The number of halogens is 4. The molecule has 0 amide bonds. The van der Waals surface area contributed by atoms with Gasteiger partial charge < -0.3 is 4.74 Å². The van der Waals surface area contributed by atoms with Crippen LogP contribution in [-0.2, 0) is 9.53 Å². The molecule has 4 aliphatic rings. The van der Waals surface area contributed by atoms with Crippen molar-refractivity contribution in [1.29, 1.82) is 0 Å². The van der Waals surface area contributed by atoms with Crippen LogP contribution in [0.25, 0.3) is 5.57 Å². The first-order valence-electron chi connectivity index (χ1n) is 10.4. The van der Waals surface area contributed by atoms with Gasteiger partial charge in [-0.25, -0.2) is 9.82 Å². The number of nitrogens with zero attached hydrogens (tertiary/aromatic N) is 3. The Morgan fingerprint density at radius 2 is 2.12 bits per heavy atom. The second kappa shape index (κ2) is 7.63. The van der Waals surface area contributed by atoms with E-state index in [0.29, 0.717) is 13.0 Å². The molecule has 10 heteroatoms. The first-order chi connectivity index (χ1) is 15.3.